The number of carbonyl (C=O) groups excluding carboxylic acids is 2. The van der Waals surface area contributed by atoms with Crippen LogP contribution in [0.4, 0.5) is 5.82 Å². The number of esters is 2. The third kappa shape index (κ3) is 32.7. The van der Waals surface area contributed by atoms with Gasteiger partial charge >= 0.3 is 33.3 Å². The molecule has 0 amide bonds. The van der Waals surface area contributed by atoms with Gasteiger partial charge in [-0.15, -0.1) is 0 Å². The highest BCUT2D eigenvalue weighted by Gasteiger charge is 2.46. The number of ether oxygens (including phenoxy) is 3. The number of carbonyl (C=O) groups is 2. The van der Waals surface area contributed by atoms with Gasteiger partial charge in [0.1, 0.15) is 30.7 Å². The minimum atomic E-state index is -5.45. The number of aliphatic hydroxyl groups is 3. The Morgan fingerprint density at radius 2 is 1.33 bits per heavy atom. The van der Waals surface area contributed by atoms with E-state index in [2.05, 4.69) is 30.1 Å². The molecule has 0 radical (unpaired) electrons. The summed E-state index contributed by atoms with van der Waals surface area (Å²) < 4.78 is 56.8. The number of anilines is 1. The van der Waals surface area contributed by atoms with Crippen molar-refractivity contribution in [1.82, 2.24) is 9.55 Å². The highest BCUT2D eigenvalue weighted by atomic mass is 31.3. The molecule has 1 saturated heterocycles. The molecule has 2 rings (SSSR count). The van der Waals surface area contributed by atoms with E-state index in [1.54, 1.807) is 6.08 Å². The number of aromatic nitrogens is 2. The van der Waals surface area contributed by atoms with Crippen molar-refractivity contribution >= 4 is 33.4 Å². The van der Waals surface area contributed by atoms with Gasteiger partial charge in [-0.2, -0.15) is 9.29 Å². The molecular formula is C52H89N3O16P2. The highest BCUT2D eigenvalue weighted by Crippen LogP contribution is 2.60. The molecule has 0 spiro atoms. The number of allylic oxidation sites excluding steroid dienone is 7. The number of unbranched alkanes of at least 4 members (excludes halogenated alkanes) is 16. The summed E-state index contributed by atoms with van der Waals surface area (Å²) in [6.45, 7) is 4.31. The van der Waals surface area contributed by atoms with E-state index in [1.165, 1.54) is 70.3 Å². The first-order valence-electron chi connectivity index (χ1n) is 26.6. The summed E-state index contributed by atoms with van der Waals surface area (Å²) in [5.74, 6) is -0.598. The third-order valence-electron chi connectivity index (χ3n) is 11.9. The fraction of sp³-hybridized carbons (Fsp3) is 0.731. The molecule has 1 aliphatic rings. The first-order valence-corrected chi connectivity index (χ1v) is 29.6. The van der Waals surface area contributed by atoms with Gasteiger partial charge in [0.05, 0.1) is 19.3 Å². The van der Waals surface area contributed by atoms with Gasteiger partial charge in [0.15, 0.2) is 12.3 Å². The number of nitrogen functional groups attached to an aromatic ring is 1. The van der Waals surface area contributed by atoms with Gasteiger partial charge in [0, 0.05) is 19.0 Å². The Morgan fingerprint density at radius 1 is 0.753 bits per heavy atom. The number of hydrogen-bond donors (Lipinski definition) is 6. The molecule has 0 aliphatic carbocycles. The number of aliphatic hydroxyl groups excluding tert-OH is 3. The van der Waals surface area contributed by atoms with Gasteiger partial charge in [-0.3, -0.25) is 23.2 Å². The number of rotatable bonds is 43. The molecule has 73 heavy (non-hydrogen) atoms. The van der Waals surface area contributed by atoms with Crippen molar-refractivity contribution in [3.05, 3.63) is 71.4 Å². The van der Waals surface area contributed by atoms with E-state index >= 15 is 0 Å². The van der Waals surface area contributed by atoms with Crippen LogP contribution in [0.1, 0.15) is 188 Å². The lowest BCUT2D eigenvalue weighted by atomic mass is 10.0. The van der Waals surface area contributed by atoms with Crippen molar-refractivity contribution in [3.8, 4) is 0 Å². The number of hydrogen-bond acceptors (Lipinski definition) is 16. The SMILES string of the molecule is CCCCC[C@H](O)/C=C/C=C\C/C=C\C/C=C\CCCC(=O)O[C@H](COC(=O)CCCCCCCCCCCCCCCCC(C)C)COP(=O)(O)OP(=O)(O)OC[C@H]1O[C@@H](n2ccc(N)nc2=O)[C@H](O)[C@@H]1O. The molecule has 2 unspecified atom stereocenters. The molecule has 0 saturated carbocycles. The summed E-state index contributed by atoms with van der Waals surface area (Å²) in [5.41, 5.74) is 4.58. The van der Waals surface area contributed by atoms with Crippen molar-refractivity contribution in [2.75, 3.05) is 25.6 Å². The molecular weight excluding hydrogens is 985 g/mol. The number of phosphoric acid groups is 2. The molecule has 21 heteroatoms. The monoisotopic (exact) mass is 1070 g/mol. The molecule has 1 fully saturated rings. The van der Waals surface area contributed by atoms with Crippen LogP contribution in [-0.2, 0) is 46.3 Å². The second kappa shape index (κ2) is 39.1. The summed E-state index contributed by atoms with van der Waals surface area (Å²) in [5, 5.41) is 30.9. The van der Waals surface area contributed by atoms with Crippen LogP contribution in [0.15, 0.2) is 65.7 Å². The molecule has 1 aliphatic heterocycles. The van der Waals surface area contributed by atoms with Crippen LogP contribution in [0.5, 0.6) is 0 Å². The maximum absolute atomic E-state index is 12.9. The van der Waals surface area contributed by atoms with Crippen molar-refractivity contribution in [1.29, 1.82) is 0 Å². The predicted octanol–water partition coefficient (Wildman–Crippen LogP) is 10.2. The predicted molar refractivity (Wildman–Crippen MR) is 281 cm³/mol. The van der Waals surface area contributed by atoms with E-state index in [4.69, 9.17) is 29.0 Å². The number of nitrogens with two attached hydrogens (primary N) is 1. The van der Waals surface area contributed by atoms with Crippen LogP contribution in [0, 0.1) is 5.92 Å². The first kappa shape index (κ1) is 65.8. The summed E-state index contributed by atoms with van der Waals surface area (Å²) in [4.78, 5) is 62.0. The van der Waals surface area contributed by atoms with Crippen LogP contribution in [0.25, 0.3) is 0 Å². The lowest BCUT2D eigenvalue weighted by molar-refractivity contribution is -0.161. The molecule has 418 valence electrons. The lowest BCUT2D eigenvalue weighted by Crippen LogP contribution is -2.36. The van der Waals surface area contributed by atoms with E-state index in [-0.39, 0.29) is 18.7 Å². The molecule has 2 heterocycles. The van der Waals surface area contributed by atoms with Crippen LogP contribution in [-0.4, -0.2) is 96.9 Å². The van der Waals surface area contributed by atoms with E-state index in [0.29, 0.717) is 25.7 Å². The van der Waals surface area contributed by atoms with E-state index in [9.17, 15) is 48.6 Å². The Hall–Kier alpha value is -3.32. The van der Waals surface area contributed by atoms with Crippen LogP contribution in [0.2, 0.25) is 0 Å². The first-order chi connectivity index (χ1) is 34.9. The summed E-state index contributed by atoms with van der Waals surface area (Å²) in [6.07, 6.45) is 32.4. The Labute approximate surface area is 433 Å². The highest BCUT2D eigenvalue weighted by molar-refractivity contribution is 7.61. The normalized spacial score (nSPS) is 19.8. The van der Waals surface area contributed by atoms with Gasteiger partial charge in [-0.05, 0) is 50.5 Å². The smallest absolute Gasteiger partial charge is 0.462 e. The number of phosphoric ester groups is 2. The van der Waals surface area contributed by atoms with Gasteiger partial charge < -0.3 is 45.1 Å². The van der Waals surface area contributed by atoms with Crippen molar-refractivity contribution in [2.45, 2.75) is 218 Å². The van der Waals surface area contributed by atoms with E-state index < -0.39 is 89.8 Å². The zero-order chi connectivity index (χ0) is 53.7. The largest absolute Gasteiger partial charge is 0.481 e. The summed E-state index contributed by atoms with van der Waals surface area (Å²) in [6, 6.07) is 1.24. The second-order valence-electron chi connectivity index (χ2n) is 19.1. The van der Waals surface area contributed by atoms with Gasteiger partial charge in [-0.1, -0.05) is 179 Å². The molecule has 0 aromatic carbocycles. The van der Waals surface area contributed by atoms with Gasteiger partial charge in [0.25, 0.3) is 0 Å². The Balaban J connectivity index is 1.82. The molecule has 19 nitrogen and oxygen atoms in total. The Bertz CT molecular complexity index is 1940. The standard InChI is InChI=1S/C52H89N3O16P2/c1-4-5-27-33-43(56)34-29-24-20-16-12-10-14-18-22-26-31-36-48(58)69-44(39-66-47(57)35-30-25-21-17-13-9-7-6-8-11-15-19-23-28-32-42(2)3)40-67-72(62,63)71-73(64,65)68-41-45-49(59)50(60)51(70-45)55-38-37-46(53)54-52(55)61/h10,12,18,20,22,24,29,34,37-38,42-45,49-51,56,59-60H,4-9,11,13-17,19,21,23,25-28,30-33,35-36,39-41H2,1-3H3,(H,62,63)(H,64,65)(H2,53,54,61)/b12-10-,22-18-,24-20-,34-29+/t43-,44+,45+,49+,50+,51+/m0/s1. The van der Waals surface area contributed by atoms with E-state index in [1.807, 2.05) is 42.5 Å². The van der Waals surface area contributed by atoms with Crippen LogP contribution < -0.4 is 11.4 Å². The van der Waals surface area contributed by atoms with Crippen molar-refractivity contribution in [3.63, 3.8) is 0 Å². The topological polar surface area (TPSA) is 286 Å². The van der Waals surface area contributed by atoms with Crippen LogP contribution in [0.3, 0.4) is 0 Å². The molecule has 1 aromatic rings. The zero-order valence-electron chi connectivity index (χ0n) is 43.7. The molecule has 1 aromatic heterocycles. The Kier molecular flexibility index (Phi) is 35.3. The molecule has 7 N–H and O–H groups in total. The fourth-order valence-electron chi connectivity index (χ4n) is 7.78. The quantitative estimate of drug-likeness (QED) is 0.0117. The third-order valence-corrected chi connectivity index (χ3v) is 14.6. The second-order valence-corrected chi connectivity index (χ2v) is 22.1. The average molecular weight is 1070 g/mol. The minimum Gasteiger partial charge on any atom is -0.462 e. The maximum atomic E-state index is 12.9. The van der Waals surface area contributed by atoms with Crippen molar-refractivity contribution < 1.29 is 71.4 Å². The maximum Gasteiger partial charge on any atom is 0.481 e. The van der Waals surface area contributed by atoms with Gasteiger partial charge in [0.2, 0.25) is 0 Å². The molecule has 8 atom stereocenters. The summed E-state index contributed by atoms with van der Waals surface area (Å²) in [7, 11) is -10.9. The lowest BCUT2D eigenvalue weighted by Gasteiger charge is -2.21. The van der Waals surface area contributed by atoms with E-state index in [0.717, 1.165) is 74.5 Å². The Morgan fingerprint density at radius 3 is 1.96 bits per heavy atom. The summed E-state index contributed by atoms with van der Waals surface area (Å²) >= 11 is 0. The molecule has 0 bridgehead atoms. The number of nitrogens with zero attached hydrogens (tertiary/aromatic N) is 2. The van der Waals surface area contributed by atoms with Gasteiger partial charge in [-0.25, -0.2) is 13.9 Å². The fourth-order valence-corrected chi connectivity index (χ4v) is 9.89. The van der Waals surface area contributed by atoms with Crippen LogP contribution >= 0.6 is 15.6 Å². The average Bonchev–Trinajstić information content (AvgIpc) is 3.61. The minimum absolute atomic E-state index is 0.0456. The van der Waals surface area contributed by atoms with Crippen molar-refractivity contribution in [2.24, 2.45) is 5.92 Å². The zero-order valence-corrected chi connectivity index (χ0v) is 45.5.